The number of sulfonamides is 1. The van der Waals surface area contributed by atoms with Crippen molar-refractivity contribution in [2.24, 2.45) is 0 Å². The zero-order chi connectivity index (χ0) is 16.8. The van der Waals surface area contributed by atoms with Crippen molar-refractivity contribution in [1.29, 1.82) is 0 Å². The predicted molar refractivity (Wildman–Crippen MR) is 74.3 cm³/mol. The lowest BCUT2D eigenvalue weighted by molar-refractivity contribution is -0.137. The van der Waals surface area contributed by atoms with E-state index >= 15 is 0 Å². The van der Waals surface area contributed by atoms with E-state index in [4.69, 9.17) is 16.1 Å². The summed E-state index contributed by atoms with van der Waals surface area (Å²) in [5.41, 5.74) is -0.576. The summed E-state index contributed by atoms with van der Waals surface area (Å²) in [7, 11) is -4.08. The molecule has 124 valence electrons. The largest absolute Gasteiger partial charge is 0.417 e. The smallest absolute Gasteiger partial charge is 0.361 e. The SMILES string of the molecule is O=S(=O)(c1ccc(Cl)c(C(F)(F)F)c1)N1CCc2oncc2C1. The molecule has 0 aliphatic carbocycles. The molecule has 3 rings (SSSR count). The number of hydrogen-bond donors (Lipinski definition) is 0. The molecule has 1 aliphatic heterocycles. The van der Waals surface area contributed by atoms with Crippen molar-refractivity contribution in [1.82, 2.24) is 9.46 Å². The van der Waals surface area contributed by atoms with E-state index < -0.39 is 31.7 Å². The highest BCUT2D eigenvalue weighted by molar-refractivity contribution is 7.89. The van der Waals surface area contributed by atoms with Crippen LogP contribution in [0.5, 0.6) is 0 Å². The first kappa shape index (κ1) is 16.3. The molecular formula is C13H10ClF3N2O3S. The summed E-state index contributed by atoms with van der Waals surface area (Å²) in [5.74, 6) is 0.587. The van der Waals surface area contributed by atoms with Crippen LogP contribution in [0.25, 0.3) is 0 Å². The number of rotatable bonds is 2. The zero-order valence-electron chi connectivity index (χ0n) is 11.5. The maximum Gasteiger partial charge on any atom is 0.417 e. The van der Waals surface area contributed by atoms with Gasteiger partial charge >= 0.3 is 6.18 Å². The monoisotopic (exact) mass is 366 g/mol. The summed E-state index contributed by atoms with van der Waals surface area (Å²) in [6.45, 7) is 0.111. The Morgan fingerprint density at radius 2 is 2.04 bits per heavy atom. The molecule has 0 unspecified atom stereocenters. The molecule has 0 fully saturated rings. The van der Waals surface area contributed by atoms with Crippen molar-refractivity contribution in [3.8, 4) is 0 Å². The summed E-state index contributed by atoms with van der Waals surface area (Å²) >= 11 is 5.52. The molecule has 2 aromatic rings. The third-order valence-corrected chi connectivity index (χ3v) is 5.72. The van der Waals surface area contributed by atoms with Gasteiger partial charge in [-0.3, -0.25) is 0 Å². The standard InChI is InChI=1S/C13H10ClF3N2O3S/c14-11-2-1-9(5-10(11)13(15,16)17)23(20,21)19-4-3-12-8(7-19)6-18-22-12/h1-2,5-6H,3-4,7H2. The van der Waals surface area contributed by atoms with Crippen molar-refractivity contribution in [3.05, 3.63) is 46.3 Å². The van der Waals surface area contributed by atoms with Crippen LogP contribution >= 0.6 is 11.6 Å². The van der Waals surface area contributed by atoms with E-state index in [1.165, 1.54) is 6.20 Å². The van der Waals surface area contributed by atoms with Gasteiger partial charge in [-0.2, -0.15) is 17.5 Å². The Kier molecular flexibility index (Phi) is 3.89. The molecule has 0 atom stereocenters. The van der Waals surface area contributed by atoms with E-state index in [0.29, 0.717) is 23.8 Å². The van der Waals surface area contributed by atoms with Gasteiger partial charge in [-0.1, -0.05) is 16.8 Å². The fraction of sp³-hybridized carbons (Fsp3) is 0.308. The van der Waals surface area contributed by atoms with Crippen LogP contribution in [-0.2, 0) is 29.2 Å². The van der Waals surface area contributed by atoms with Gasteiger partial charge in [-0.15, -0.1) is 0 Å². The van der Waals surface area contributed by atoms with Gasteiger partial charge < -0.3 is 4.52 Å². The zero-order valence-corrected chi connectivity index (χ0v) is 13.0. The number of nitrogens with zero attached hydrogens (tertiary/aromatic N) is 2. The normalized spacial score (nSPS) is 16.3. The summed E-state index contributed by atoms with van der Waals surface area (Å²) in [6.07, 6.45) is -3.01. The topological polar surface area (TPSA) is 63.4 Å². The molecule has 23 heavy (non-hydrogen) atoms. The number of halogens is 4. The van der Waals surface area contributed by atoms with Gasteiger partial charge in [-0.25, -0.2) is 8.42 Å². The molecule has 0 saturated carbocycles. The molecule has 1 aromatic carbocycles. The molecule has 1 aromatic heterocycles. The molecule has 2 heterocycles. The Balaban J connectivity index is 1.98. The van der Waals surface area contributed by atoms with Crippen LogP contribution in [0, 0.1) is 0 Å². The minimum Gasteiger partial charge on any atom is -0.361 e. The van der Waals surface area contributed by atoms with E-state index in [1.807, 2.05) is 0 Å². The molecule has 10 heteroatoms. The van der Waals surface area contributed by atoms with Gasteiger partial charge in [0.1, 0.15) is 5.76 Å². The second-order valence-corrected chi connectivity index (χ2v) is 7.35. The molecule has 1 aliphatic rings. The fourth-order valence-corrected chi connectivity index (χ4v) is 4.02. The summed E-state index contributed by atoms with van der Waals surface area (Å²) in [5, 5.41) is 3.04. The Morgan fingerprint density at radius 1 is 1.30 bits per heavy atom. The highest BCUT2D eigenvalue weighted by Gasteiger charge is 2.36. The average Bonchev–Trinajstić information content (AvgIpc) is 2.93. The molecule has 0 N–H and O–H groups in total. The minimum atomic E-state index is -4.73. The second-order valence-electron chi connectivity index (χ2n) is 5.00. The summed E-state index contributed by atoms with van der Waals surface area (Å²) in [6, 6.07) is 2.56. The van der Waals surface area contributed by atoms with Crippen LogP contribution in [-0.4, -0.2) is 24.4 Å². The van der Waals surface area contributed by atoms with E-state index in [0.717, 1.165) is 16.4 Å². The Labute approximate surface area is 134 Å². The first-order chi connectivity index (χ1) is 10.7. The lowest BCUT2D eigenvalue weighted by atomic mass is 10.1. The summed E-state index contributed by atoms with van der Waals surface area (Å²) in [4.78, 5) is -0.450. The number of aromatic nitrogens is 1. The van der Waals surface area contributed by atoms with Gasteiger partial charge in [0.15, 0.2) is 0 Å². The fourth-order valence-electron chi connectivity index (χ4n) is 2.35. The molecule has 0 bridgehead atoms. The van der Waals surface area contributed by atoms with E-state index in [2.05, 4.69) is 5.16 Å². The van der Waals surface area contributed by atoms with Gasteiger partial charge in [0.25, 0.3) is 0 Å². The first-order valence-electron chi connectivity index (χ1n) is 6.49. The number of hydrogen-bond acceptors (Lipinski definition) is 4. The van der Waals surface area contributed by atoms with Crippen molar-refractivity contribution in [3.63, 3.8) is 0 Å². The lowest BCUT2D eigenvalue weighted by Gasteiger charge is -2.25. The Hall–Kier alpha value is -1.58. The number of fused-ring (bicyclic) bond motifs is 1. The van der Waals surface area contributed by atoms with Gasteiger partial charge in [0, 0.05) is 25.1 Å². The van der Waals surface area contributed by atoms with Crippen molar-refractivity contribution in [2.45, 2.75) is 24.0 Å². The Morgan fingerprint density at radius 3 is 2.74 bits per heavy atom. The van der Waals surface area contributed by atoms with Crippen LogP contribution in [0.3, 0.4) is 0 Å². The minimum absolute atomic E-state index is 0.00510. The van der Waals surface area contributed by atoms with Crippen LogP contribution in [0.2, 0.25) is 5.02 Å². The molecule has 0 spiro atoms. The van der Waals surface area contributed by atoms with E-state index in [1.54, 1.807) is 0 Å². The van der Waals surface area contributed by atoms with Gasteiger partial charge in [0.2, 0.25) is 10.0 Å². The van der Waals surface area contributed by atoms with Crippen molar-refractivity contribution >= 4 is 21.6 Å². The Bertz CT molecular complexity index is 848. The van der Waals surface area contributed by atoms with Crippen LogP contribution in [0.1, 0.15) is 16.9 Å². The van der Waals surface area contributed by atoms with Crippen molar-refractivity contribution in [2.75, 3.05) is 6.54 Å². The lowest BCUT2D eigenvalue weighted by Crippen LogP contribution is -2.35. The second kappa shape index (κ2) is 5.50. The summed E-state index contributed by atoms with van der Waals surface area (Å²) < 4.78 is 69.9. The quantitative estimate of drug-likeness (QED) is 0.819. The van der Waals surface area contributed by atoms with Gasteiger partial charge in [-0.05, 0) is 18.2 Å². The highest BCUT2D eigenvalue weighted by atomic mass is 35.5. The van der Waals surface area contributed by atoms with Crippen LogP contribution < -0.4 is 0 Å². The average molecular weight is 367 g/mol. The molecule has 0 saturated heterocycles. The highest BCUT2D eigenvalue weighted by Crippen LogP contribution is 2.36. The third kappa shape index (κ3) is 2.96. The van der Waals surface area contributed by atoms with E-state index in [9.17, 15) is 21.6 Å². The molecule has 5 nitrogen and oxygen atoms in total. The third-order valence-electron chi connectivity index (χ3n) is 3.55. The maximum atomic E-state index is 12.9. The van der Waals surface area contributed by atoms with Crippen LogP contribution in [0.4, 0.5) is 13.2 Å². The van der Waals surface area contributed by atoms with Crippen LogP contribution in [0.15, 0.2) is 33.8 Å². The van der Waals surface area contributed by atoms with Gasteiger partial charge in [0.05, 0.1) is 21.7 Å². The molecular weight excluding hydrogens is 357 g/mol. The first-order valence-corrected chi connectivity index (χ1v) is 8.31. The molecule has 0 radical (unpaired) electrons. The maximum absolute atomic E-state index is 12.9. The molecule has 0 amide bonds. The predicted octanol–water partition coefficient (Wildman–Crippen LogP) is 3.09. The number of alkyl halides is 3. The number of benzene rings is 1. The van der Waals surface area contributed by atoms with E-state index in [-0.39, 0.29) is 13.1 Å². The van der Waals surface area contributed by atoms with Crippen molar-refractivity contribution < 1.29 is 26.1 Å².